The molecule has 2 unspecified atom stereocenters. The lowest BCUT2D eigenvalue weighted by Gasteiger charge is -2.36. The Morgan fingerprint density at radius 2 is 1.86 bits per heavy atom. The van der Waals surface area contributed by atoms with E-state index in [1.54, 1.807) is 0 Å². The van der Waals surface area contributed by atoms with Crippen molar-refractivity contribution >= 4 is 31.2 Å². The molecule has 0 radical (unpaired) electrons. The zero-order chi connectivity index (χ0) is 26.9. The summed E-state index contributed by atoms with van der Waals surface area (Å²) in [5.41, 5.74) is 4.50. The van der Waals surface area contributed by atoms with Crippen molar-refractivity contribution in [2.45, 2.75) is 89.2 Å². The number of hydrogen-bond acceptors (Lipinski definition) is 6. The van der Waals surface area contributed by atoms with Gasteiger partial charge in [0.1, 0.15) is 29.6 Å². The normalized spacial score (nSPS) is 28.6. The van der Waals surface area contributed by atoms with Crippen LogP contribution < -0.4 is 16.4 Å². The fourth-order valence-electron chi connectivity index (χ4n) is 5.26. The molecule has 5 N–H and O–H groups in total. The van der Waals surface area contributed by atoms with Crippen molar-refractivity contribution in [3.63, 3.8) is 0 Å². The average molecular weight is 527 g/mol. The fourth-order valence-corrected chi connectivity index (χ4v) is 7.36. The molecule has 202 valence electrons. The van der Waals surface area contributed by atoms with Crippen molar-refractivity contribution in [2.75, 3.05) is 12.7 Å². The maximum atomic E-state index is 13.6. The first kappa shape index (κ1) is 28.2. The molecule has 1 aliphatic heterocycles. The number of alkyl carbamates (subject to hydrolysis) is 1. The number of nitrogens with two attached hydrogens (primary N) is 1. The first-order chi connectivity index (χ1) is 16.7. The van der Waals surface area contributed by atoms with Crippen molar-refractivity contribution in [1.29, 1.82) is 0 Å². The van der Waals surface area contributed by atoms with E-state index in [1.165, 1.54) is 11.0 Å². The summed E-state index contributed by atoms with van der Waals surface area (Å²) in [6, 6.07) is -1.82. The third kappa shape index (κ3) is 5.94. The number of nitrogens with one attached hydrogen (secondary N) is 2. The fraction of sp³-hybridized carbons (Fsp3) is 0.750. The van der Waals surface area contributed by atoms with Gasteiger partial charge in [-0.3, -0.25) is 18.9 Å². The summed E-state index contributed by atoms with van der Waals surface area (Å²) in [6.45, 7) is 9.41. The van der Waals surface area contributed by atoms with Crippen LogP contribution in [0.1, 0.15) is 65.7 Å². The number of ether oxygens (including phenoxy) is 1. The van der Waals surface area contributed by atoms with Gasteiger partial charge in [0.15, 0.2) is 0 Å². The van der Waals surface area contributed by atoms with Crippen LogP contribution in [-0.4, -0.2) is 69.8 Å². The van der Waals surface area contributed by atoms with E-state index in [1.807, 2.05) is 20.8 Å². The number of amides is 4. The molecule has 1 saturated heterocycles. The molecule has 2 aliphatic carbocycles. The van der Waals surface area contributed by atoms with Crippen LogP contribution in [0.25, 0.3) is 0 Å². The van der Waals surface area contributed by atoms with Gasteiger partial charge in [-0.1, -0.05) is 26.8 Å². The number of hydrogen-bond donors (Lipinski definition) is 4. The van der Waals surface area contributed by atoms with E-state index in [2.05, 4.69) is 17.2 Å². The first-order valence-corrected chi connectivity index (χ1v) is 14.4. The predicted octanol–water partition coefficient (Wildman–Crippen LogP) is 1.84. The zero-order valence-corrected chi connectivity index (χ0v) is 22.2. The van der Waals surface area contributed by atoms with Crippen molar-refractivity contribution in [3.05, 3.63) is 12.7 Å². The van der Waals surface area contributed by atoms with Gasteiger partial charge in [-0.05, 0) is 50.4 Å². The van der Waals surface area contributed by atoms with E-state index in [0.29, 0.717) is 19.4 Å². The molecule has 3 aliphatic rings. The monoisotopic (exact) mass is 526 g/mol. The highest BCUT2D eigenvalue weighted by Gasteiger charge is 2.66. The standard InChI is InChI=1S/C24H39N4O7P/c1-5-15-13-24(15,36(33,34)14-18(25)29)27-20(30)17-11-8-12-28(17)21(31)19(23(2,3)4)26-22(32)35-16-9-6-7-10-16/h5,15-17,19H,1,6-14H2,2-4H3,(H2,25,29)(H,26,32)(H,27,30)(H,33,34)/t15-,17+,19?,24+/m1/s1. The van der Waals surface area contributed by atoms with Gasteiger partial charge in [-0.25, -0.2) is 4.79 Å². The third-order valence-electron chi connectivity index (χ3n) is 7.39. The minimum atomic E-state index is -4.18. The molecule has 11 nitrogen and oxygen atoms in total. The molecule has 3 rings (SSSR count). The minimum absolute atomic E-state index is 0.156. The molecule has 4 amide bonds. The SMILES string of the molecule is C=C[C@@H]1C[C@]1(NC(=O)[C@@H]1CCCN1C(=O)C(NC(=O)OC1CCCC1)C(C)(C)C)P(=O)(O)CC(N)=O. The average Bonchev–Trinajstić information content (AvgIpc) is 3.10. The smallest absolute Gasteiger partial charge is 0.408 e. The Kier molecular flexibility index (Phi) is 8.25. The van der Waals surface area contributed by atoms with E-state index in [0.717, 1.165) is 25.7 Å². The van der Waals surface area contributed by atoms with Crippen molar-refractivity contribution < 1.29 is 33.4 Å². The summed E-state index contributed by atoms with van der Waals surface area (Å²) >= 11 is 0. The van der Waals surface area contributed by atoms with Crippen LogP contribution in [0, 0.1) is 11.3 Å². The Bertz CT molecular complexity index is 959. The van der Waals surface area contributed by atoms with Crippen LogP contribution in [0.4, 0.5) is 4.79 Å². The van der Waals surface area contributed by atoms with Crippen LogP contribution in [0.15, 0.2) is 12.7 Å². The summed E-state index contributed by atoms with van der Waals surface area (Å²) in [6.07, 6.45) is 4.57. The summed E-state index contributed by atoms with van der Waals surface area (Å²) in [5.74, 6) is -2.43. The largest absolute Gasteiger partial charge is 0.446 e. The quantitative estimate of drug-likeness (QED) is 0.262. The second-order valence-electron chi connectivity index (χ2n) is 11.2. The molecule has 36 heavy (non-hydrogen) atoms. The van der Waals surface area contributed by atoms with E-state index in [9.17, 15) is 28.6 Å². The van der Waals surface area contributed by atoms with Crippen molar-refractivity contribution in [1.82, 2.24) is 15.5 Å². The number of likely N-dealkylation sites (tertiary alicyclic amines) is 1. The highest BCUT2D eigenvalue weighted by molar-refractivity contribution is 7.61. The summed E-state index contributed by atoms with van der Waals surface area (Å²) in [7, 11) is -4.18. The summed E-state index contributed by atoms with van der Waals surface area (Å²) in [4.78, 5) is 62.9. The van der Waals surface area contributed by atoms with Gasteiger partial charge in [0.05, 0.1) is 0 Å². The lowest BCUT2D eigenvalue weighted by molar-refractivity contribution is -0.142. The molecule has 0 aromatic rings. The molecule has 3 fully saturated rings. The Balaban J connectivity index is 1.74. The number of carbonyl (C=O) groups is 4. The van der Waals surface area contributed by atoms with E-state index < -0.39 is 66.0 Å². The molecule has 5 atom stereocenters. The van der Waals surface area contributed by atoms with Gasteiger partial charge in [0, 0.05) is 12.5 Å². The minimum Gasteiger partial charge on any atom is -0.446 e. The number of primary amides is 1. The predicted molar refractivity (Wildman–Crippen MR) is 133 cm³/mol. The highest BCUT2D eigenvalue weighted by atomic mass is 31.2. The van der Waals surface area contributed by atoms with Crippen LogP contribution >= 0.6 is 7.37 Å². The maximum Gasteiger partial charge on any atom is 0.408 e. The van der Waals surface area contributed by atoms with Crippen molar-refractivity contribution in [3.8, 4) is 0 Å². The molecule has 0 aromatic carbocycles. The van der Waals surface area contributed by atoms with Crippen molar-refractivity contribution in [2.24, 2.45) is 17.1 Å². The second kappa shape index (κ2) is 10.5. The Hall–Kier alpha value is -2.39. The van der Waals surface area contributed by atoms with Crippen LogP contribution in [0.2, 0.25) is 0 Å². The Morgan fingerprint density at radius 3 is 2.39 bits per heavy atom. The summed E-state index contributed by atoms with van der Waals surface area (Å²) in [5, 5.41) is 3.86. The van der Waals surface area contributed by atoms with Gasteiger partial charge in [-0.2, -0.15) is 0 Å². The van der Waals surface area contributed by atoms with Crippen LogP contribution in [0.5, 0.6) is 0 Å². The van der Waals surface area contributed by atoms with Gasteiger partial charge >= 0.3 is 6.09 Å². The number of rotatable bonds is 9. The summed E-state index contributed by atoms with van der Waals surface area (Å²) < 4.78 is 18.5. The Labute approximate surface area is 212 Å². The molecule has 0 spiro atoms. The maximum absolute atomic E-state index is 13.6. The lowest BCUT2D eigenvalue weighted by atomic mass is 9.85. The van der Waals surface area contributed by atoms with E-state index >= 15 is 0 Å². The van der Waals surface area contributed by atoms with Gasteiger partial charge in [-0.15, -0.1) is 6.58 Å². The molecule has 1 heterocycles. The topological polar surface area (TPSA) is 168 Å². The van der Waals surface area contributed by atoms with Crippen LogP contribution in [0.3, 0.4) is 0 Å². The first-order valence-electron chi connectivity index (χ1n) is 12.5. The third-order valence-corrected chi connectivity index (χ3v) is 10.0. The Morgan fingerprint density at radius 1 is 1.22 bits per heavy atom. The zero-order valence-electron chi connectivity index (χ0n) is 21.3. The van der Waals surface area contributed by atoms with Gasteiger partial charge in [0.25, 0.3) is 0 Å². The number of carbonyl (C=O) groups excluding carboxylic acids is 4. The number of nitrogens with zero attached hydrogens (tertiary/aromatic N) is 1. The molecular formula is C24H39N4O7P. The van der Waals surface area contributed by atoms with E-state index in [4.69, 9.17) is 10.5 Å². The van der Waals surface area contributed by atoms with Crippen LogP contribution in [-0.2, 0) is 23.7 Å². The molecular weight excluding hydrogens is 487 g/mol. The second-order valence-corrected chi connectivity index (χ2v) is 13.7. The molecule has 12 heteroatoms. The highest BCUT2D eigenvalue weighted by Crippen LogP contribution is 2.69. The lowest BCUT2D eigenvalue weighted by Crippen LogP contribution is -2.58. The van der Waals surface area contributed by atoms with E-state index in [-0.39, 0.29) is 12.5 Å². The van der Waals surface area contributed by atoms with Gasteiger partial charge in [0.2, 0.25) is 25.1 Å². The molecule has 2 saturated carbocycles. The molecule has 0 bridgehead atoms. The van der Waals surface area contributed by atoms with Gasteiger partial charge < -0.3 is 30.9 Å². The molecule has 0 aromatic heterocycles.